The fraction of sp³-hybridized carbons (Fsp3) is 0.0833. The Hall–Kier alpha value is -3.01. The molecule has 3 rings (SSSR count). The van der Waals surface area contributed by atoms with E-state index in [0.717, 1.165) is 11.3 Å². The van der Waals surface area contributed by atoms with Gasteiger partial charge in [-0.25, -0.2) is 4.98 Å². The Morgan fingerprint density at radius 2 is 2.32 bits per heavy atom. The number of thiazole rings is 1. The second-order valence-corrected chi connectivity index (χ2v) is 5.13. The third kappa shape index (κ3) is 2.46. The SMILES string of the molecule is COc1cc([N+](=O)[O-])cc2sc(NC(=O)c3ccno3)nc12. The van der Waals surface area contributed by atoms with Gasteiger partial charge in [0.15, 0.2) is 10.9 Å². The molecule has 3 aromatic rings. The van der Waals surface area contributed by atoms with Crippen LogP contribution in [0.4, 0.5) is 10.8 Å². The van der Waals surface area contributed by atoms with Crippen molar-refractivity contribution in [2.75, 3.05) is 12.4 Å². The number of benzene rings is 1. The van der Waals surface area contributed by atoms with Crippen LogP contribution in [-0.2, 0) is 0 Å². The molecule has 2 heterocycles. The number of ether oxygens (including phenoxy) is 1. The first-order valence-corrected chi connectivity index (χ1v) is 6.75. The van der Waals surface area contributed by atoms with E-state index < -0.39 is 10.8 Å². The van der Waals surface area contributed by atoms with E-state index in [2.05, 4.69) is 15.5 Å². The van der Waals surface area contributed by atoms with Gasteiger partial charge in [0.25, 0.3) is 11.6 Å². The first kappa shape index (κ1) is 13.9. The number of amides is 1. The Morgan fingerprint density at radius 1 is 1.50 bits per heavy atom. The zero-order valence-electron chi connectivity index (χ0n) is 11.1. The van der Waals surface area contributed by atoms with E-state index in [1.165, 1.54) is 31.5 Å². The molecule has 22 heavy (non-hydrogen) atoms. The van der Waals surface area contributed by atoms with Crippen molar-refractivity contribution >= 4 is 38.3 Å². The smallest absolute Gasteiger partial charge is 0.296 e. The lowest BCUT2D eigenvalue weighted by Crippen LogP contribution is -2.10. The van der Waals surface area contributed by atoms with Gasteiger partial charge in [0.05, 0.1) is 29.0 Å². The van der Waals surface area contributed by atoms with E-state index in [1.54, 1.807) is 0 Å². The summed E-state index contributed by atoms with van der Waals surface area (Å²) in [5.74, 6) is -0.206. The summed E-state index contributed by atoms with van der Waals surface area (Å²) in [5.41, 5.74) is 0.326. The van der Waals surface area contributed by atoms with Gasteiger partial charge in [0.2, 0.25) is 5.76 Å². The van der Waals surface area contributed by atoms with E-state index in [9.17, 15) is 14.9 Å². The van der Waals surface area contributed by atoms with Crippen molar-refractivity contribution in [2.45, 2.75) is 0 Å². The van der Waals surface area contributed by atoms with E-state index in [-0.39, 0.29) is 22.3 Å². The Labute approximate surface area is 126 Å². The fourth-order valence-electron chi connectivity index (χ4n) is 1.79. The molecule has 112 valence electrons. The molecule has 0 aliphatic carbocycles. The molecule has 0 bridgehead atoms. The number of carbonyl (C=O) groups is 1. The molecule has 0 saturated carbocycles. The molecule has 10 heteroatoms. The summed E-state index contributed by atoms with van der Waals surface area (Å²) in [6.45, 7) is 0. The summed E-state index contributed by atoms with van der Waals surface area (Å²) in [7, 11) is 1.39. The molecule has 0 fully saturated rings. The Morgan fingerprint density at radius 3 is 2.95 bits per heavy atom. The lowest BCUT2D eigenvalue weighted by Gasteiger charge is -2.00. The molecule has 1 aromatic carbocycles. The molecule has 2 aromatic heterocycles. The van der Waals surface area contributed by atoms with E-state index in [4.69, 9.17) is 9.26 Å². The molecular weight excluding hydrogens is 312 g/mol. The van der Waals surface area contributed by atoms with Crippen molar-refractivity contribution in [3.05, 3.63) is 40.3 Å². The van der Waals surface area contributed by atoms with Crippen LogP contribution in [0.3, 0.4) is 0 Å². The van der Waals surface area contributed by atoms with Gasteiger partial charge in [-0.05, 0) is 0 Å². The number of hydrogen-bond donors (Lipinski definition) is 1. The van der Waals surface area contributed by atoms with Crippen molar-refractivity contribution < 1.29 is 19.0 Å². The van der Waals surface area contributed by atoms with Crippen LogP contribution >= 0.6 is 11.3 Å². The lowest BCUT2D eigenvalue weighted by molar-refractivity contribution is -0.384. The number of anilines is 1. The highest BCUT2D eigenvalue weighted by Gasteiger charge is 2.18. The van der Waals surface area contributed by atoms with E-state index in [1.807, 2.05) is 0 Å². The van der Waals surface area contributed by atoms with Crippen LogP contribution in [0.5, 0.6) is 5.75 Å². The first-order valence-electron chi connectivity index (χ1n) is 5.93. The monoisotopic (exact) mass is 320 g/mol. The number of nitrogens with zero attached hydrogens (tertiary/aromatic N) is 3. The fourth-order valence-corrected chi connectivity index (χ4v) is 2.70. The quantitative estimate of drug-likeness (QED) is 0.579. The molecule has 0 atom stereocenters. The number of fused-ring (bicyclic) bond motifs is 1. The van der Waals surface area contributed by atoms with E-state index >= 15 is 0 Å². The zero-order chi connectivity index (χ0) is 15.7. The molecule has 0 unspecified atom stereocenters. The van der Waals surface area contributed by atoms with Crippen LogP contribution in [0.1, 0.15) is 10.6 Å². The summed E-state index contributed by atoms with van der Waals surface area (Å²) < 4.78 is 10.4. The minimum atomic E-state index is -0.519. The van der Waals surface area contributed by atoms with Gasteiger partial charge in [0.1, 0.15) is 5.52 Å². The third-order valence-corrected chi connectivity index (χ3v) is 3.68. The van der Waals surface area contributed by atoms with Crippen molar-refractivity contribution in [1.82, 2.24) is 10.1 Å². The Kier molecular flexibility index (Phi) is 3.43. The predicted molar refractivity (Wildman–Crippen MR) is 77.3 cm³/mol. The minimum Gasteiger partial charge on any atom is -0.494 e. The molecular formula is C12H8N4O5S. The molecule has 0 aliphatic heterocycles. The maximum Gasteiger partial charge on any atom is 0.296 e. The van der Waals surface area contributed by atoms with Gasteiger partial charge in [0, 0.05) is 12.1 Å². The maximum absolute atomic E-state index is 11.9. The van der Waals surface area contributed by atoms with Crippen LogP contribution in [-0.4, -0.2) is 28.1 Å². The summed E-state index contributed by atoms with van der Waals surface area (Å²) in [6, 6.07) is 4.07. The van der Waals surface area contributed by atoms with Crippen molar-refractivity contribution in [1.29, 1.82) is 0 Å². The largest absolute Gasteiger partial charge is 0.494 e. The Bertz CT molecular complexity index is 858. The van der Waals surface area contributed by atoms with Gasteiger partial charge in [-0.15, -0.1) is 0 Å². The van der Waals surface area contributed by atoms with Crippen molar-refractivity contribution in [3.8, 4) is 5.75 Å². The normalized spacial score (nSPS) is 10.6. The minimum absolute atomic E-state index is 0.0391. The van der Waals surface area contributed by atoms with E-state index in [0.29, 0.717) is 10.2 Å². The maximum atomic E-state index is 11.9. The predicted octanol–water partition coefficient (Wildman–Crippen LogP) is 2.45. The zero-order valence-corrected chi connectivity index (χ0v) is 11.9. The number of aromatic nitrogens is 2. The van der Waals surface area contributed by atoms with Crippen molar-refractivity contribution in [3.63, 3.8) is 0 Å². The van der Waals surface area contributed by atoms with Gasteiger partial charge in [-0.2, -0.15) is 0 Å². The Balaban J connectivity index is 1.98. The average Bonchev–Trinajstić information content (AvgIpc) is 3.14. The van der Waals surface area contributed by atoms with Crippen LogP contribution in [0.25, 0.3) is 10.2 Å². The highest BCUT2D eigenvalue weighted by atomic mass is 32.1. The van der Waals surface area contributed by atoms with Gasteiger partial charge in [-0.3, -0.25) is 20.2 Å². The number of nitro benzene ring substituents is 1. The second-order valence-electron chi connectivity index (χ2n) is 4.10. The number of carbonyl (C=O) groups excluding carboxylic acids is 1. The molecule has 0 spiro atoms. The van der Waals surface area contributed by atoms with Gasteiger partial charge in [-0.1, -0.05) is 16.5 Å². The van der Waals surface area contributed by atoms with Gasteiger partial charge < -0.3 is 9.26 Å². The highest BCUT2D eigenvalue weighted by molar-refractivity contribution is 7.22. The number of nitrogens with one attached hydrogen (secondary N) is 1. The molecule has 0 aliphatic rings. The summed E-state index contributed by atoms with van der Waals surface area (Å²) in [6.07, 6.45) is 1.35. The summed E-state index contributed by atoms with van der Waals surface area (Å²) in [5, 5.41) is 17.2. The number of hydrogen-bond acceptors (Lipinski definition) is 8. The van der Waals surface area contributed by atoms with Crippen LogP contribution in [0.15, 0.2) is 28.9 Å². The second kappa shape index (κ2) is 5.41. The topological polar surface area (TPSA) is 120 Å². The van der Waals surface area contributed by atoms with Crippen LogP contribution in [0, 0.1) is 10.1 Å². The summed E-state index contributed by atoms with van der Waals surface area (Å²) in [4.78, 5) is 26.5. The molecule has 1 N–H and O–H groups in total. The number of methoxy groups -OCH3 is 1. The van der Waals surface area contributed by atoms with Crippen LogP contribution < -0.4 is 10.1 Å². The van der Waals surface area contributed by atoms with Crippen LogP contribution in [0.2, 0.25) is 0 Å². The highest BCUT2D eigenvalue weighted by Crippen LogP contribution is 2.36. The van der Waals surface area contributed by atoms with Gasteiger partial charge >= 0.3 is 0 Å². The summed E-state index contributed by atoms with van der Waals surface area (Å²) >= 11 is 1.09. The average molecular weight is 320 g/mol. The molecule has 0 saturated heterocycles. The molecule has 9 nitrogen and oxygen atoms in total. The number of nitro groups is 1. The third-order valence-electron chi connectivity index (χ3n) is 2.76. The van der Waals surface area contributed by atoms with Crippen molar-refractivity contribution in [2.24, 2.45) is 0 Å². The number of rotatable bonds is 4. The lowest BCUT2D eigenvalue weighted by atomic mass is 10.3. The molecule has 0 radical (unpaired) electrons. The standard InChI is InChI=1S/C12H8N4O5S/c1-20-8-4-6(16(18)19)5-9-10(8)14-12(22-9)15-11(17)7-2-3-13-21-7/h2-5H,1H3,(H,14,15,17). The number of non-ortho nitro benzene ring substituents is 1. The first-order chi connectivity index (χ1) is 10.6. The molecule has 1 amide bonds.